The normalized spacial score (nSPS) is 11.4. The molecular weight excluding hydrogens is 374 g/mol. The third-order valence-corrected chi connectivity index (χ3v) is 5.59. The lowest BCUT2D eigenvalue weighted by Crippen LogP contribution is -1.98. The van der Waals surface area contributed by atoms with Gasteiger partial charge in [-0.3, -0.25) is 0 Å². The number of nitrogens with one attached hydrogen (secondary N) is 1. The van der Waals surface area contributed by atoms with Crippen molar-refractivity contribution in [2.75, 3.05) is 12.4 Å². The summed E-state index contributed by atoms with van der Waals surface area (Å²) >= 11 is 1.46. The number of fused-ring (bicyclic) bond motifs is 2. The van der Waals surface area contributed by atoms with Crippen molar-refractivity contribution >= 4 is 38.4 Å². The second-order valence-corrected chi connectivity index (χ2v) is 7.40. The Hall–Kier alpha value is -3.32. The van der Waals surface area contributed by atoms with E-state index in [0.29, 0.717) is 17.9 Å². The SMILES string of the molecule is COc1c2ccoc2cc2oc(-c3nnc(NCc4ccccc4)s3)c(C)c12. The molecule has 0 amide bonds. The van der Waals surface area contributed by atoms with Crippen LogP contribution in [0, 0.1) is 6.92 Å². The molecule has 28 heavy (non-hydrogen) atoms. The Morgan fingerprint density at radius 1 is 1.11 bits per heavy atom. The lowest BCUT2D eigenvalue weighted by molar-refractivity contribution is 0.424. The minimum absolute atomic E-state index is 0.693. The van der Waals surface area contributed by atoms with E-state index in [1.54, 1.807) is 13.4 Å². The van der Waals surface area contributed by atoms with Crippen LogP contribution in [0.2, 0.25) is 0 Å². The van der Waals surface area contributed by atoms with Crippen LogP contribution in [0.5, 0.6) is 5.75 Å². The van der Waals surface area contributed by atoms with E-state index in [9.17, 15) is 0 Å². The predicted octanol–water partition coefficient (Wildman–Crippen LogP) is 5.63. The van der Waals surface area contributed by atoms with Crippen LogP contribution in [0.3, 0.4) is 0 Å². The highest BCUT2D eigenvalue weighted by Crippen LogP contribution is 2.43. The molecule has 3 heterocycles. The third kappa shape index (κ3) is 2.71. The number of anilines is 1. The summed E-state index contributed by atoms with van der Waals surface area (Å²) in [5, 5.41) is 15.2. The predicted molar refractivity (Wildman–Crippen MR) is 110 cm³/mol. The molecule has 0 spiro atoms. The van der Waals surface area contributed by atoms with Gasteiger partial charge in [-0.1, -0.05) is 41.7 Å². The lowest BCUT2D eigenvalue weighted by Gasteiger charge is -2.03. The van der Waals surface area contributed by atoms with Crippen molar-refractivity contribution in [3.63, 3.8) is 0 Å². The van der Waals surface area contributed by atoms with E-state index in [1.807, 2.05) is 37.3 Å². The van der Waals surface area contributed by atoms with Gasteiger partial charge in [0.05, 0.1) is 24.1 Å². The number of aryl methyl sites for hydroxylation is 1. The molecule has 0 unspecified atom stereocenters. The van der Waals surface area contributed by atoms with Crippen molar-refractivity contribution in [2.45, 2.75) is 13.5 Å². The van der Waals surface area contributed by atoms with Gasteiger partial charge in [-0.05, 0) is 18.6 Å². The summed E-state index contributed by atoms with van der Waals surface area (Å²) in [6, 6.07) is 14.0. The average molecular weight is 391 g/mol. The minimum Gasteiger partial charge on any atom is -0.495 e. The molecule has 3 aromatic heterocycles. The Kier molecular flexibility index (Phi) is 4.02. The number of aromatic nitrogens is 2. The molecule has 7 heteroatoms. The van der Waals surface area contributed by atoms with Gasteiger partial charge in [-0.25, -0.2) is 0 Å². The number of furan rings is 2. The number of ether oxygens (including phenoxy) is 1. The summed E-state index contributed by atoms with van der Waals surface area (Å²) in [7, 11) is 1.66. The van der Waals surface area contributed by atoms with Crippen LogP contribution < -0.4 is 10.1 Å². The van der Waals surface area contributed by atoms with E-state index in [4.69, 9.17) is 13.6 Å². The highest BCUT2D eigenvalue weighted by molar-refractivity contribution is 7.18. The molecule has 0 saturated carbocycles. The molecule has 0 saturated heterocycles. The van der Waals surface area contributed by atoms with E-state index in [-0.39, 0.29) is 0 Å². The molecule has 0 atom stereocenters. The lowest BCUT2D eigenvalue weighted by atomic mass is 10.1. The van der Waals surface area contributed by atoms with Crippen molar-refractivity contribution in [3.8, 4) is 16.5 Å². The summed E-state index contributed by atoms with van der Waals surface area (Å²) in [5.41, 5.74) is 3.60. The average Bonchev–Trinajstić information content (AvgIpc) is 3.44. The van der Waals surface area contributed by atoms with Gasteiger partial charge >= 0.3 is 0 Å². The van der Waals surface area contributed by atoms with Crippen LogP contribution in [-0.2, 0) is 6.54 Å². The maximum Gasteiger partial charge on any atom is 0.206 e. The van der Waals surface area contributed by atoms with Gasteiger partial charge in [0.25, 0.3) is 0 Å². The first-order valence-electron chi connectivity index (χ1n) is 8.83. The zero-order valence-electron chi connectivity index (χ0n) is 15.4. The van der Waals surface area contributed by atoms with Gasteiger partial charge in [0.15, 0.2) is 10.8 Å². The summed E-state index contributed by atoms with van der Waals surface area (Å²) in [4.78, 5) is 0. The van der Waals surface area contributed by atoms with Crippen LogP contribution in [0.25, 0.3) is 32.7 Å². The van der Waals surface area contributed by atoms with Gasteiger partial charge in [0.2, 0.25) is 5.13 Å². The molecule has 0 fully saturated rings. The fraction of sp³-hybridized carbons (Fsp3) is 0.143. The molecule has 0 aliphatic carbocycles. The number of rotatable bonds is 5. The Bertz CT molecular complexity index is 1270. The Labute approximate surface area is 164 Å². The van der Waals surface area contributed by atoms with E-state index in [1.165, 1.54) is 16.9 Å². The highest BCUT2D eigenvalue weighted by Gasteiger charge is 2.22. The van der Waals surface area contributed by atoms with E-state index >= 15 is 0 Å². The maximum absolute atomic E-state index is 6.12. The van der Waals surface area contributed by atoms with Gasteiger partial charge < -0.3 is 18.9 Å². The summed E-state index contributed by atoms with van der Waals surface area (Å²) in [6.45, 7) is 2.70. The first kappa shape index (κ1) is 16.8. The van der Waals surface area contributed by atoms with E-state index in [0.717, 1.165) is 37.8 Å². The van der Waals surface area contributed by atoms with E-state index in [2.05, 4.69) is 27.6 Å². The fourth-order valence-electron chi connectivity index (χ4n) is 3.37. The third-order valence-electron chi connectivity index (χ3n) is 4.71. The van der Waals surface area contributed by atoms with Crippen LogP contribution >= 0.6 is 11.3 Å². The molecule has 6 nitrogen and oxygen atoms in total. The van der Waals surface area contributed by atoms with Crippen molar-refractivity contribution in [1.82, 2.24) is 10.2 Å². The number of hydrogen-bond acceptors (Lipinski definition) is 7. The number of nitrogens with zero attached hydrogens (tertiary/aromatic N) is 2. The second-order valence-electron chi connectivity index (χ2n) is 6.42. The molecule has 0 radical (unpaired) electrons. The van der Waals surface area contributed by atoms with Crippen LogP contribution in [0.15, 0.2) is 57.6 Å². The molecule has 2 aromatic carbocycles. The summed E-state index contributed by atoms with van der Waals surface area (Å²) in [6.07, 6.45) is 1.65. The van der Waals surface area contributed by atoms with Gasteiger partial charge in [0, 0.05) is 18.2 Å². The topological polar surface area (TPSA) is 73.3 Å². The largest absolute Gasteiger partial charge is 0.495 e. The van der Waals surface area contributed by atoms with Crippen molar-refractivity contribution in [1.29, 1.82) is 0 Å². The molecule has 1 N–H and O–H groups in total. The molecule has 0 bridgehead atoms. The molecule has 0 aliphatic heterocycles. The summed E-state index contributed by atoms with van der Waals surface area (Å²) in [5.74, 6) is 1.45. The van der Waals surface area contributed by atoms with Gasteiger partial charge in [0.1, 0.15) is 16.9 Å². The Morgan fingerprint density at radius 3 is 2.79 bits per heavy atom. The first-order valence-corrected chi connectivity index (χ1v) is 9.65. The van der Waals surface area contributed by atoms with Gasteiger partial charge in [-0.2, -0.15) is 0 Å². The zero-order chi connectivity index (χ0) is 19.1. The summed E-state index contributed by atoms with van der Waals surface area (Å²) < 4.78 is 17.3. The standard InChI is InChI=1S/C21H17N3O3S/c1-12-17-16(10-15-14(8-9-26-15)19(17)25-2)27-18(12)20-23-24-21(28-20)22-11-13-6-4-3-5-7-13/h3-10H,11H2,1-2H3,(H,22,24). The van der Waals surface area contributed by atoms with Crippen molar-refractivity contribution < 1.29 is 13.6 Å². The Balaban J connectivity index is 1.51. The number of hydrogen-bond donors (Lipinski definition) is 1. The van der Waals surface area contributed by atoms with Crippen LogP contribution in [0.4, 0.5) is 5.13 Å². The van der Waals surface area contributed by atoms with Crippen LogP contribution in [0.1, 0.15) is 11.1 Å². The highest BCUT2D eigenvalue weighted by atomic mass is 32.1. The first-order chi connectivity index (χ1) is 13.7. The van der Waals surface area contributed by atoms with Gasteiger partial charge in [-0.15, -0.1) is 10.2 Å². The molecule has 5 aromatic rings. The second kappa shape index (κ2) is 6.69. The number of methoxy groups -OCH3 is 1. The minimum atomic E-state index is 0.693. The number of benzene rings is 2. The van der Waals surface area contributed by atoms with E-state index < -0.39 is 0 Å². The smallest absolute Gasteiger partial charge is 0.206 e. The molecular formula is C21H17N3O3S. The maximum atomic E-state index is 6.12. The van der Waals surface area contributed by atoms with Crippen molar-refractivity contribution in [2.24, 2.45) is 0 Å². The van der Waals surface area contributed by atoms with Crippen LogP contribution in [-0.4, -0.2) is 17.3 Å². The molecule has 0 aliphatic rings. The zero-order valence-corrected chi connectivity index (χ0v) is 16.2. The molecule has 5 rings (SSSR count). The molecule has 140 valence electrons. The monoisotopic (exact) mass is 391 g/mol. The quantitative estimate of drug-likeness (QED) is 0.419. The Morgan fingerprint density at radius 2 is 1.96 bits per heavy atom. The van der Waals surface area contributed by atoms with Crippen molar-refractivity contribution in [3.05, 3.63) is 59.9 Å². The fourth-order valence-corrected chi connectivity index (χ4v) is 4.15.